The lowest BCUT2D eigenvalue weighted by Crippen LogP contribution is -2.70. The van der Waals surface area contributed by atoms with E-state index in [0.717, 1.165) is 0 Å². The van der Waals surface area contributed by atoms with Crippen LogP contribution in [0.3, 0.4) is 0 Å². The Balaban J connectivity index is 2.17. The maximum absolute atomic E-state index is 13.8. The predicted molar refractivity (Wildman–Crippen MR) is 134 cm³/mol. The smallest absolute Gasteiger partial charge is 0.347 e. The van der Waals surface area contributed by atoms with Crippen LogP contribution in [0.15, 0.2) is 48.8 Å². The molecule has 9 nitrogen and oxygen atoms in total. The molecular weight excluding hydrogens is 486 g/mol. The molecule has 1 aromatic heterocycles. The van der Waals surface area contributed by atoms with Crippen LogP contribution in [0.1, 0.15) is 49.0 Å². The van der Waals surface area contributed by atoms with Gasteiger partial charge in [0.15, 0.2) is 0 Å². The van der Waals surface area contributed by atoms with Gasteiger partial charge in [0, 0.05) is 42.0 Å². The van der Waals surface area contributed by atoms with Crippen LogP contribution in [0.25, 0.3) is 0 Å². The fourth-order valence-corrected chi connectivity index (χ4v) is 5.55. The third kappa shape index (κ3) is 4.88. The summed E-state index contributed by atoms with van der Waals surface area (Å²) < 4.78 is 11.0. The van der Waals surface area contributed by atoms with Crippen molar-refractivity contribution in [3.8, 4) is 0 Å². The molecule has 1 aliphatic heterocycles. The van der Waals surface area contributed by atoms with Gasteiger partial charge < -0.3 is 25.6 Å². The zero-order valence-electron chi connectivity index (χ0n) is 20.6. The number of pyridine rings is 1. The van der Waals surface area contributed by atoms with Gasteiger partial charge in [0.05, 0.1) is 29.6 Å². The van der Waals surface area contributed by atoms with E-state index in [1.165, 1.54) is 18.5 Å². The van der Waals surface area contributed by atoms with Crippen molar-refractivity contribution >= 4 is 29.5 Å². The molecule has 4 N–H and O–H groups in total. The number of ether oxygens (including phenoxy) is 2. The molecule has 0 spiro atoms. The van der Waals surface area contributed by atoms with E-state index in [1.54, 1.807) is 51.1 Å². The summed E-state index contributed by atoms with van der Waals surface area (Å²) in [6.45, 7) is 5.71. The van der Waals surface area contributed by atoms with Crippen molar-refractivity contribution in [1.29, 1.82) is 0 Å². The second-order valence-electron chi connectivity index (χ2n) is 9.16. The number of hydrogen-bond acceptors (Lipinski definition) is 8. The lowest BCUT2D eigenvalue weighted by Gasteiger charge is -2.57. The fraction of sp³-hybridized carbons (Fsp3) is 0.462. The SMILES string of the molecule is CCC1(C(=O)O)C(COCCN)NC(C)C(C)(C(=O)OC(=O)c2cccnc2)C1c1ccccc1Cl. The monoisotopic (exact) mass is 517 g/mol. The van der Waals surface area contributed by atoms with Crippen LogP contribution in [-0.4, -0.2) is 59.8 Å². The van der Waals surface area contributed by atoms with Crippen LogP contribution < -0.4 is 11.1 Å². The van der Waals surface area contributed by atoms with Crippen LogP contribution in [0.2, 0.25) is 5.02 Å². The highest BCUT2D eigenvalue weighted by molar-refractivity contribution is 6.31. The molecule has 1 saturated heterocycles. The fourth-order valence-electron chi connectivity index (χ4n) is 5.31. The minimum absolute atomic E-state index is 0.0579. The Morgan fingerprint density at radius 2 is 1.94 bits per heavy atom. The summed E-state index contributed by atoms with van der Waals surface area (Å²) in [5.74, 6) is -3.81. The van der Waals surface area contributed by atoms with Crippen LogP contribution in [0, 0.1) is 10.8 Å². The Kier molecular flexibility index (Phi) is 8.84. The predicted octanol–water partition coefficient (Wildman–Crippen LogP) is 3.03. The Bertz CT molecular complexity index is 1100. The average molecular weight is 518 g/mol. The number of nitrogens with two attached hydrogens (primary N) is 1. The average Bonchev–Trinajstić information content (AvgIpc) is 2.86. The van der Waals surface area contributed by atoms with Crippen molar-refractivity contribution in [3.05, 3.63) is 64.9 Å². The number of carboxylic acids is 1. The molecule has 2 aromatic rings. The normalized spacial score (nSPS) is 27.9. The summed E-state index contributed by atoms with van der Waals surface area (Å²) in [5, 5.41) is 14.3. The molecule has 5 atom stereocenters. The van der Waals surface area contributed by atoms with Gasteiger partial charge in [0.1, 0.15) is 0 Å². The van der Waals surface area contributed by atoms with E-state index in [-0.39, 0.29) is 31.7 Å². The first-order chi connectivity index (χ1) is 17.1. The number of carbonyl (C=O) groups is 3. The summed E-state index contributed by atoms with van der Waals surface area (Å²) in [6, 6.07) is 8.58. The third-order valence-electron chi connectivity index (χ3n) is 7.36. The van der Waals surface area contributed by atoms with Gasteiger partial charge in [-0.1, -0.05) is 36.7 Å². The van der Waals surface area contributed by atoms with Gasteiger partial charge in [-0.15, -0.1) is 0 Å². The van der Waals surface area contributed by atoms with E-state index in [1.807, 2.05) is 0 Å². The highest BCUT2D eigenvalue weighted by Gasteiger charge is 2.66. The Morgan fingerprint density at radius 1 is 1.22 bits per heavy atom. The van der Waals surface area contributed by atoms with E-state index in [4.69, 9.17) is 26.8 Å². The maximum Gasteiger partial charge on any atom is 0.347 e. The van der Waals surface area contributed by atoms with E-state index >= 15 is 0 Å². The molecule has 5 unspecified atom stereocenters. The number of esters is 2. The largest absolute Gasteiger partial charge is 0.481 e. The van der Waals surface area contributed by atoms with Gasteiger partial charge in [0.2, 0.25) is 0 Å². The maximum atomic E-state index is 13.8. The molecular formula is C26H32ClN3O6. The van der Waals surface area contributed by atoms with Gasteiger partial charge in [-0.25, -0.2) is 4.79 Å². The molecule has 36 heavy (non-hydrogen) atoms. The molecule has 0 aliphatic carbocycles. The van der Waals surface area contributed by atoms with Crippen LogP contribution in [0.5, 0.6) is 0 Å². The van der Waals surface area contributed by atoms with Crippen molar-refractivity contribution in [1.82, 2.24) is 10.3 Å². The van der Waals surface area contributed by atoms with Gasteiger partial charge in [-0.3, -0.25) is 14.6 Å². The lowest BCUT2D eigenvalue weighted by molar-refractivity contribution is -0.174. The molecule has 194 valence electrons. The van der Waals surface area contributed by atoms with Crippen molar-refractivity contribution in [3.63, 3.8) is 0 Å². The zero-order chi connectivity index (χ0) is 26.5. The number of piperidine rings is 1. The molecule has 3 rings (SSSR count). The van der Waals surface area contributed by atoms with Gasteiger partial charge in [-0.05, 0) is 44.0 Å². The number of hydrogen-bond donors (Lipinski definition) is 3. The summed E-state index contributed by atoms with van der Waals surface area (Å²) in [5.41, 5.74) is 3.13. The summed E-state index contributed by atoms with van der Waals surface area (Å²) in [6.07, 6.45) is 2.94. The molecule has 0 saturated carbocycles. The van der Waals surface area contributed by atoms with Crippen molar-refractivity contribution < 1.29 is 29.0 Å². The zero-order valence-corrected chi connectivity index (χ0v) is 21.3. The van der Waals surface area contributed by atoms with Gasteiger partial charge >= 0.3 is 17.9 Å². The highest BCUT2D eigenvalue weighted by atomic mass is 35.5. The number of nitrogens with zero attached hydrogens (tertiary/aromatic N) is 1. The second kappa shape index (κ2) is 11.5. The second-order valence-corrected chi connectivity index (χ2v) is 9.57. The first-order valence-corrected chi connectivity index (χ1v) is 12.2. The van der Waals surface area contributed by atoms with E-state index < -0.39 is 46.7 Å². The lowest BCUT2D eigenvalue weighted by atomic mass is 9.51. The molecule has 0 bridgehead atoms. The summed E-state index contributed by atoms with van der Waals surface area (Å²) in [4.78, 5) is 43.6. The quantitative estimate of drug-likeness (QED) is 0.260. The van der Waals surface area contributed by atoms with E-state index in [0.29, 0.717) is 10.6 Å². The topological polar surface area (TPSA) is 141 Å². The van der Waals surface area contributed by atoms with Crippen LogP contribution in [-0.2, 0) is 19.1 Å². The summed E-state index contributed by atoms with van der Waals surface area (Å²) >= 11 is 6.61. The van der Waals surface area contributed by atoms with E-state index in [2.05, 4.69) is 10.3 Å². The number of carbonyl (C=O) groups excluding carboxylic acids is 2. The van der Waals surface area contributed by atoms with Crippen molar-refractivity contribution in [2.75, 3.05) is 19.8 Å². The molecule has 2 heterocycles. The Hall–Kier alpha value is -2.85. The Labute approximate surface area is 215 Å². The van der Waals surface area contributed by atoms with Crippen molar-refractivity contribution in [2.24, 2.45) is 16.6 Å². The minimum Gasteiger partial charge on any atom is -0.481 e. The number of aromatic nitrogens is 1. The van der Waals surface area contributed by atoms with E-state index in [9.17, 15) is 19.5 Å². The third-order valence-corrected chi connectivity index (χ3v) is 7.70. The number of benzene rings is 1. The summed E-state index contributed by atoms with van der Waals surface area (Å²) in [7, 11) is 0. The standard InChI is InChI=1S/C26H32ClN3O6/c1-4-26(23(32)33)20(15-35-13-11-28)30-16(2)25(3,21(26)18-9-5-6-10-19(18)27)24(34)36-22(31)17-8-7-12-29-14-17/h5-10,12,14,16,20-21,30H,4,11,13,15,28H2,1-3H3,(H,32,33). The minimum atomic E-state index is -1.53. The highest BCUT2D eigenvalue weighted by Crippen LogP contribution is 2.58. The number of halogens is 1. The van der Waals surface area contributed by atoms with Gasteiger partial charge in [-0.2, -0.15) is 0 Å². The Morgan fingerprint density at radius 3 is 2.53 bits per heavy atom. The molecule has 1 fully saturated rings. The number of carboxylic acid groups (broad SMARTS) is 1. The number of aliphatic carboxylic acids is 1. The molecule has 0 radical (unpaired) electrons. The van der Waals surface area contributed by atoms with Gasteiger partial charge in [0.25, 0.3) is 0 Å². The first-order valence-electron chi connectivity index (χ1n) is 11.8. The number of rotatable bonds is 9. The molecule has 1 aliphatic rings. The van der Waals surface area contributed by atoms with Crippen molar-refractivity contribution in [2.45, 2.75) is 45.2 Å². The molecule has 10 heteroatoms. The van der Waals surface area contributed by atoms with Crippen LogP contribution >= 0.6 is 11.6 Å². The number of nitrogens with one attached hydrogen (secondary N) is 1. The first kappa shape index (κ1) is 27.7. The molecule has 1 aromatic carbocycles. The molecule has 0 amide bonds. The van der Waals surface area contributed by atoms with Crippen LogP contribution in [0.4, 0.5) is 0 Å².